The number of carboxylic acid groups (broad SMARTS) is 1. The highest BCUT2D eigenvalue weighted by atomic mass is 19.4. The van der Waals surface area contributed by atoms with E-state index in [-0.39, 0.29) is 11.3 Å². The highest BCUT2D eigenvalue weighted by Gasteiger charge is 2.32. The van der Waals surface area contributed by atoms with Crippen LogP contribution < -0.4 is 10.5 Å². The van der Waals surface area contributed by atoms with E-state index in [9.17, 15) is 22.4 Å². The summed E-state index contributed by atoms with van der Waals surface area (Å²) in [4.78, 5) is 13.7. The van der Waals surface area contributed by atoms with Crippen molar-refractivity contribution in [3.8, 4) is 5.88 Å². The minimum absolute atomic E-state index is 0.167. The molecule has 0 aromatic carbocycles. The molecule has 0 saturated heterocycles. The van der Waals surface area contributed by atoms with Gasteiger partial charge in [0.2, 0.25) is 5.88 Å². The fraction of sp³-hybridized carbons (Fsp3) is 0.333. The molecule has 1 rings (SSSR count). The predicted molar refractivity (Wildman–Crippen MR) is 51.5 cm³/mol. The maximum atomic E-state index is 12.6. The Labute approximate surface area is 98.2 Å². The van der Waals surface area contributed by atoms with Crippen molar-refractivity contribution in [1.82, 2.24) is 4.98 Å². The van der Waals surface area contributed by atoms with E-state index < -0.39 is 37.0 Å². The molecule has 9 heteroatoms. The minimum Gasteiger partial charge on any atom is -0.481 e. The van der Waals surface area contributed by atoms with Crippen LogP contribution in [0.3, 0.4) is 0 Å². The Hall–Kier alpha value is -2.06. The van der Waals surface area contributed by atoms with Gasteiger partial charge in [-0.3, -0.25) is 4.79 Å². The number of nitrogen functional groups attached to an aromatic ring is 1. The lowest BCUT2D eigenvalue weighted by Crippen LogP contribution is -2.19. The minimum atomic E-state index is -4.98. The van der Waals surface area contributed by atoms with Gasteiger partial charge in [-0.05, 0) is 0 Å². The number of aromatic nitrogens is 1. The van der Waals surface area contributed by atoms with Gasteiger partial charge in [-0.2, -0.15) is 0 Å². The number of ether oxygens (including phenoxy) is 1. The van der Waals surface area contributed by atoms with Gasteiger partial charge in [0.1, 0.15) is 6.67 Å². The van der Waals surface area contributed by atoms with Gasteiger partial charge in [-0.1, -0.05) is 0 Å². The van der Waals surface area contributed by atoms with E-state index in [1.165, 1.54) is 0 Å². The molecule has 0 unspecified atom stereocenters. The molecule has 5 nitrogen and oxygen atoms in total. The summed E-state index contributed by atoms with van der Waals surface area (Å²) in [7, 11) is 0. The Morgan fingerprint density at radius 3 is 2.56 bits per heavy atom. The second kappa shape index (κ2) is 5.07. The highest BCUT2D eigenvalue weighted by Crippen LogP contribution is 2.27. The van der Waals surface area contributed by atoms with Crippen molar-refractivity contribution in [3.63, 3.8) is 0 Å². The molecule has 0 saturated carbocycles. The van der Waals surface area contributed by atoms with E-state index in [1.807, 2.05) is 0 Å². The van der Waals surface area contributed by atoms with Gasteiger partial charge in [0.15, 0.2) is 0 Å². The lowest BCUT2D eigenvalue weighted by molar-refractivity contribution is -0.276. The van der Waals surface area contributed by atoms with Crippen LogP contribution in [-0.4, -0.2) is 22.4 Å². The lowest BCUT2D eigenvalue weighted by atomic mass is 10.1. The molecule has 0 atom stereocenters. The van der Waals surface area contributed by atoms with Crippen LogP contribution >= 0.6 is 0 Å². The molecule has 0 bridgehead atoms. The number of carboxylic acids is 1. The number of alkyl halides is 4. The number of aliphatic carboxylic acids is 1. The molecule has 0 aliphatic rings. The van der Waals surface area contributed by atoms with Crippen molar-refractivity contribution in [3.05, 3.63) is 17.3 Å². The molecule has 0 aliphatic carbocycles. The van der Waals surface area contributed by atoms with E-state index in [4.69, 9.17) is 10.8 Å². The summed E-state index contributed by atoms with van der Waals surface area (Å²) in [6.45, 7) is -1.25. The SMILES string of the molecule is Nc1cc(OC(F)(F)F)nc(CF)c1CC(=O)O. The van der Waals surface area contributed by atoms with Gasteiger partial charge in [0.25, 0.3) is 0 Å². The maximum absolute atomic E-state index is 12.6. The van der Waals surface area contributed by atoms with Crippen LogP contribution in [0.4, 0.5) is 23.2 Å². The smallest absolute Gasteiger partial charge is 0.481 e. The highest BCUT2D eigenvalue weighted by molar-refractivity contribution is 5.73. The summed E-state index contributed by atoms with van der Waals surface area (Å²) in [5.74, 6) is -2.23. The lowest BCUT2D eigenvalue weighted by Gasteiger charge is -2.12. The molecular weight excluding hydrogens is 260 g/mol. The van der Waals surface area contributed by atoms with Gasteiger partial charge in [-0.25, -0.2) is 9.37 Å². The van der Waals surface area contributed by atoms with E-state index in [1.54, 1.807) is 0 Å². The van der Waals surface area contributed by atoms with Crippen LogP contribution in [0.2, 0.25) is 0 Å². The first-order chi connectivity index (χ1) is 8.23. The zero-order valence-electron chi connectivity index (χ0n) is 8.79. The molecule has 0 radical (unpaired) electrons. The van der Waals surface area contributed by atoms with Crippen LogP contribution in [0.15, 0.2) is 6.07 Å². The number of hydrogen-bond acceptors (Lipinski definition) is 4. The molecular formula is C9H8F4N2O3. The summed E-state index contributed by atoms with van der Waals surface area (Å²) in [5.41, 5.74) is 4.37. The maximum Gasteiger partial charge on any atom is 0.574 e. The molecule has 1 aromatic heterocycles. The van der Waals surface area contributed by atoms with Crippen molar-refractivity contribution in [2.45, 2.75) is 19.5 Å². The molecule has 0 spiro atoms. The molecule has 1 aromatic rings. The quantitative estimate of drug-likeness (QED) is 0.811. The predicted octanol–water partition coefficient (Wildman–Crippen LogP) is 1.66. The number of hydrogen-bond donors (Lipinski definition) is 2. The zero-order valence-corrected chi connectivity index (χ0v) is 8.79. The molecule has 100 valence electrons. The summed E-state index contributed by atoms with van der Waals surface area (Å²) >= 11 is 0. The second-order valence-electron chi connectivity index (χ2n) is 3.23. The van der Waals surface area contributed by atoms with Crippen molar-refractivity contribution >= 4 is 11.7 Å². The standard InChI is InChI=1S/C9H8F4N2O3/c10-3-6-4(1-8(16)17)5(14)2-7(15-6)18-9(11,12)13/h2H,1,3H2,(H2,14,15)(H,16,17). The van der Waals surface area contributed by atoms with Crippen molar-refractivity contribution < 1.29 is 32.2 Å². The number of rotatable bonds is 4. The van der Waals surface area contributed by atoms with Crippen LogP contribution in [0.1, 0.15) is 11.3 Å². The van der Waals surface area contributed by atoms with Gasteiger partial charge in [-0.15, -0.1) is 13.2 Å². The average molecular weight is 268 g/mol. The Kier molecular flexibility index (Phi) is 3.94. The number of halogens is 4. The van der Waals surface area contributed by atoms with Crippen molar-refractivity contribution in [1.29, 1.82) is 0 Å². The summed E-state index contributed by atoms with van der Waals surface area (Å²) in [6.07, 6.45) is -5.62. The summed E-state index contributed by atoms with van der Waals surface area (Å²) in [5, 5.41) is 8.55. The molecule has 0 fully saturated rings. The zero-order chi connectivity index (χ0) is 13.9. The average Bonchev–Trinajstić information content (AvgIpc) is 2.18. The van der Waals surface area contributed by atoms with Crippen LogP contribution in [0.5, 0.6) is 5.88 Å². The van der Waals surface area contributed by atoms with Crippen molar-refractivity contribution in [2.75, 3.05) is 5.73 Å². The fourth-order valence-corrected chi connectivity index (χ4v) is 1.26. The normalized spacial score (nSPS) is 11.3. The third-order valence-corrected chi connectivity index (χ3v) is 1.90. The number of pyridine rings is 1. The van der Waals surface area contributed by atoms with E-state index in [0.717, 1.165) is 0 Å². The Balaban J connectivity index is 3.14. The third kappa shape index (κ3) is 3.75. The third-order valence-electron chi connectivity index (χ3n) is 1.90. The molecule has 3 N–H and O–H groups in total. The molecule has 0 amide bonds. The second-order valence-corrected chi connectivity index (χ2v) is 3.23. The number of nitrogens with two attached hydrogens (primary N) is 1. The number of anilines is 1. The fourth-order valence-electron chi connectivity index (χ4n) is 1.26. The van der Waals surface area contributed by atoms with Gasteiger partial charge in [0.05, 0.1) is 12.1 Å². The Morgan fingerprint density at radius 2 is 2.11 bits per heavy atom. The van der Waals surface area contributed by atoms with Crippen LogP contribution in [0.25, 0.3) is 0 Å². The Bertz CT molecular complexity index is 462. The number of nitrogens with zero attached hydrogens (tertiary/aromatic N) is 1. The van der Waals surface area contributed by atoms with Gasteiger partial charge in [0, 0.05) is 17.3 Å². The monoisotopic (exact) mass is 268 g/mol. The Morgan fingerprint density at radius 1 is 1.50 bits per heavy atom. The van der Waals surface area contributed by atoms with Crippen molar-refractivity contribution in [2.24, 2.45) is 0 Å². The molecule has 0 aliphatic heterocycles. The molecule has 1 heterocycles. The van der Waals surface area contributed by atoms with E-state index >= 15 is 0 Å². The first-order valence-corrected chi connectivity index (χ1v) is 4.54. The number of carbonyl (C=O) groups is 1. The largest absolute Gasteiger partial charge is 0.574 e. The molecule has 18 heavy (non-hydrogen) atoms. The topological polar surface area (TPSA) is 85.4 Å². The van der Waals surface area contributed by atoms with E-state index in [0.29, 0.717) is 6.07 Å². The summed E-state index contributed by atoms with van der Waals surface area (Å²) < 4.78 is 51.8. The summed E-state index contributed by atoms with van der Waals surface area (Å²) in [6, 6.07) is 0.699. The van der Waals surface area contributed by atoms with Crippen LogP contribution in [0, 0.1) is 0 Å². The van der Waals surface area contributed by atoms with E-state index in [2.05, 4.69) is 9.72 Å². The first-order valence-electron chi connectivity index (χ1n) is 4.54. The van der Waals surface area contributed by atoms with Gasteiger partial charge < -0.3 is 15.6 Å². The first kappa shape index (κ1) is 14.0. The van der Waals surface area contributed by atoms with Crippen LogP contribution in [-0.2, 0) is 17.9 Å². The van der Waals surface area contributed by atoms with Gasteiger partial charge >= 0.3 is 12.3 Å².